The molecule has 2 heterocycles. The number of ketones is 1. The van der Waals surface area contributed by atoms with Gasteiger partial charge in [0.1, 0.15) is 0 Å². The molecule has 0 radical (unpaired) electrons. The highest BCUT2D eigenvalue weighted by Crippen LogP contribution is 2.38. The van der Waals surface area contributed by atoms with Crippen molar-refractivity contribution in [3.05, 3.63) is 45.4 Å². The highest BCUT2D eigenvalue weighted by atomic mass is 35.5. The van der Waals surface area contributed by atoms with Gasteiger partial charge in [0, 0.05) is 24.5 Å². The van der Waals surface area contributed by atoms with Gasteiger partial charge >= 0.3 is 0 Å². The molecule has 2 aromatic rings. The summed E-state index contributed by atoms with van der Waals surface area (Å²) < 4.78 is 5.39. The first kappa shape index (κ1) is 15.1. The summed E-state index contributed by atoms with van der Waals surface area (Å²) in [6.45, 7) is 3.15. The number of benzene rings is 1. The third-order valence-corrected chi connectivity index (χ3v) is 5.89. The van der Waals surface area contributed by atoms with Gasteiger partial charge in [0.05, 0.1) is 23.8 Å². The van der Waals surface area contributed by atoms with Crippen molar-refractivity contribution in [1.29, 1.82) is 0 Å². The van der Waals surface area contributed by atoms with E-state index in [1.54, 1.807) is 0 Å². The minimum Gasteiger partial charge on any atom is -0.378 e. The number of ether oxygens (including phenoxy) is 1. The highest BCUT2D eigenvalue weighted by molar-refractivity contribution is 7.17. The standard InChI is InChI=1S/C17H17ClN2O2S/c18-13-3-1-11(2-4-13)12-9-14-16(15(21)10-12)23-17(19-14)20-5-7-22-8-6-20/h1-4,12H,5-10H2. The Hall–Kier alpha value is -1.43. The lowest BCUT2D eigenvalue weighted by molar-refractivity contribution is 0.0968. The first-order valence-corrected chi connectivity index (χ1v) is 9.01. The van der Waals surface area contributed by atoms with Crippen molar-refractivity contribution in [3.8, 4) is 0 Å². The van der Waals surface area contributed by atoms with E-state index >= 15 is 0 Å². The van der Waals surface area contributed by atoms with Crippen LogP contribution in [0, 0.1) is 0 Å². The number of morpholine rings is 1. The molecular formula is C17H17ClN2O2S. The highest BCUT2D eigenvalue weighted by Gasteiger charge is 2.31. The molecule has 1 aromatic carbocycles. The molecule has 1 unspecified atom stereocenters. The van der Waals surface area contributed by atoms with E-state index < -0.39 is 0 Å². The van der Waals surface area contributed by atoms with Gasteiger partial charge in [0.25, 0.3) is 0 Å². The van der Waals surface area contributed by atoms with Gasteiger partial charge in [-0.15, -0.1) is 0 Å². The number of nitrogens with zero attached hydrogens (tertiary/aromatic N) is 2. The van der Waals surface area contributed by atoms with Gasteiger partial charge < -0.3 is 9.64 Å². The Kier molecular flexibility index (Phi) is 4.09. The lowest BCUT2D eigenvalue weighted by Gasteiger charge is -2.26. The molecule has 6 heteroatoms. The number of halogens is 1. The molecular weight excluding hydrogens is 332 g/mol. The molecule has 0 bridgehead atoms. The summed E-state index contributed by atoms with van der Waals surface area (Å²) in [6.07, 6.45) is 1.38. The van der Waals surface area contributed by atoms with E-state index in [4.69, 9.17) is 21.3 Å². The molecule has 0 spiro atoms. The molecule has 0 N–H and O–H groups in total. The van der Waals surface area contributed by atoms with Crippen molar-refractivity contribution in [2.75, 3.05) is 31.2 Å². The van der Waals surface area contributed by atoms with E-state index in [9.17, 15) is 4.79 Å². The number of hydrogen-bond donors (Lipinski definition) is 0. The number of hydrogen-bond acceptors (Lipinski definition) is 5. The van der Waals surface area contributed by atoms with Crippen molar-refractivity contribution < 1.29 is 9.53 Å². The van der Waals surface area contributed by atoms with Crippen molar-refractivity contribution in [2.45, 2.75) is 18.8 Å². The summed E-state index contributed by atoms with van der Waals surface area (Å²) in [7, 11) is 0. The van der Waals surface area contributed by atoms with Crippen LogP contribution in [0.4, 0.5) is 5.13 Å². The number of carbonyl (C=O) groups excluding carboxylic acids is 1. The Morgan fingerprint density at radius 3 is 2.65 bits per heavy atom. The van der Waals surface area contributed by atoms with Gasteiger partial charge in [0.2, 0.25) is 0 Å². The number of rotatable bonds is 2. The van der Waals surface area contributed by atoms with Crippen molar-refractivity contribution in [1.82, 2.24) is 4.98 Å². The van der Waals surface area contributed by atoms with Gasteiger partial charge in [-0.1, -0.05) is 35.1 Å². The van der Waals surface area contributed by atoms with Crippen molar-refractivity contribution in [3.63, 3.8) is 0 Å². The normalized spacial score (nSPS) is 21.3. The van der Waals surface area contributed by atoms with Crippen LogP contribution in [-0.2, 0) is 11.2 Å². The topological polar surface area (TPSA) is 42.4 Å². The SMILES string of the molecule is O=C1CC(c2ccc(Cl)cc2)Cc2nc(N3CCOCC3)sc21. The molecule has 4 rings (SSSR count). The zero-order valence-electron chi connectivity index (χ0n) is 12.6. The molecule has 1 aliphatic carbocycles. The van der Waals surface area contributed by atoms with Gasteiger partial charge in [0.15, 0.2) is 10.9 Å². The molecule has 4 nitrogen and oxygen atoms in total. The Balaban J connectivity index is 1.59. The van der Waals surface area contributed by atoms with Crippen LogP contribution in [-0.4, -0.2) is 37.1 Å². The Bertz CT molecular complexity index is 723. The fourth-order valence-electron chi connectivity index (χ4n) is 3.18. The number of anilines is 1. The van der Waals surface area contributed by atoms with Crippen LogP contribution in [0.1, 0.15) is 33.3 Å². The number of Topliss-reactive ketones (excluding diaryl/α,β-unsaturated/α-hetero) is 1. The quantitative estimate of drug-likeness (QED) is 0.832. The summed E-state index contributed by atoms with van der Waals surface area (Å²) in [4.78, 5) is 20.4. The van der Waals surface area contributed by atoms with Crippen molar-refractivity contribution >= 4 is 33.9 Å². The largest absolute Gasteiger partial charge is 0.378 e. The van der Waals surface area contributed by atoms with E-state index in [0.717, 1.165) is 59.0 Å². The summed E-state index contributed by atoms with van der Waals surface area (Å²) in [5, 5.41) is 1.68. The predicted molar refractivity (Wildman–Crippen MR) is 92.0 cm³/mol. The first-order chi connectivity index (χ1) is 11.2. The van der Waals surface area contributed by atoms with Crippen LogP contribution < -0.4 is 4.90 Å². The van der Waals surface area contributed by atoms with E-state index in [1.165, 1.54) is 11.3 Å². The van der Waals surface area contributed by atoms with Crippen LogP contribution in [0.5, 0.6) is 0 Å². The molecule has 23 heavy (non-hydrogen) atoms. The van der Waals surface area contributed by atoms with Crippen LogP contribution in [0.15, 0.2) is 24.3 Å². The van der Waals surface area contributed by atoms with E-state index in [-0.39, 0.29) is 11.7 Å². The summed E-state index contributed by atoms with van der Waals surface area (Å²) in [5.41, 5.74) is 2.11. The van der Waals surface area contributed by atoms with Gasteiger partial charge in [-0.2, -0.15) is 0 Å². The monoisotopic (exact) mass is 348 g/mol. The zero-order chi connectivity index (χ0) is 15.8. The van der Waals surface area contributed by atoms with Gasteiger partial charge in [-0.3, -0.25) is 4.79 Å². The summed E-state index contributed by atoms with van der Waals surface area (Å²) >= 11 is 7.49. The molecule has 1 saturated heterocycles. The third kappa shape index (κ3) is 3.01. The van der Waals surface area contributed by atoms with E-state index in [1.807, 2.05) is 24.3 Å². The number of fused-ring (bicyclic) bond motifs is 1. The maximum atomic E-state index is 12.5. The van der Waals surface area contributed by atoms with Crippen LogP contribution in [0.2, 0.25) is 5.02 Å². The average molecular weight is 349 g/mol. The smallest absolute Gasteiger partial charge is 0.186 e. The first-order valence-electron chi connectivity index (χ1n) is 7.82. The van der Waals surface area contributed by atoms with Crippen molar-refractivity contribution in [2.24, 2.45) is 0 Å². The Morgan fingerprint density at radius 2 is 1.91 bits per heavy atom. The van der Waals surface area contributed by atoms with Crippen LogP contribution in [0.3, 0.4) is 0 Å². The predicted octanol–water partition coefficient (Wildman–Crippen LogP) is 3.55. The lowest BCUT2D eigenvalue weighted by Crippen LogP contribution is -2.36. The molecule has 1 fully saturated rings. The second-order valence-electron chi connectivity index (χ2n) is 5.95. The number of aromatic nitrogens is 1. The molecule has 1 aromatic heterocycles. The van der Waals surface area contributed by atoms with Crippen LogP contribution >= 0.6 is 22.9 Å². The van der Waals surface area contributed by atoms with Gasteiger partial charge in [-0.05, 0) is 30.0 Å². The van der Waals surface area contributed by atoms with Crippen LogP contribution in [0.25, 0.3) is 0 Å². The second kappa shape index (κ2) is 6.23. The Morgan fingerprint density at radius 1 is 1.17 bits per heavy atom. The zero-order valence-corrected chi connectivity index (χ0v) is 14.2. The molecule has 2 aliphatic rings. The molecule has 1 atom stereocenters. The fourth-order valence-corrected chi connectivity index (χ4v) is 4.40. The third-order valence-electron chi connectivity index (χ3n) is 4.43. The maximum absolute atomic E-state index is 12.5. The molecule has 0 amide bonds. The maximum Gasteiger partial charge on any atom is 0.186 e. The number of thiazole rings is 1. The lowest BCUT2D eigenvalue weighted by atomic mass is 9.85. The summed E-state index contributed by atoms with van der Waals surface area (Å²) in [5.74, 6) is 0.412. The minimum absolute atomic E-state index is 0.201. The fraction of sp³-hybridized carbons (Fsp3) is 0.412. The molecule has 0 saturated carbocycles. The van der Waals surface area contributed by atoms with Gasteiger partial charge in [-0.25, -0.2) is 4.98 Å². The summed E-state index contributed by atoms with van der Waals surface area (Å²) in [6, 6.07) is 7.80. The average Bonchev–Trinajstić information content (AvgIpc) is 3.01. The second-order valence-corrected chi connectivity index (χ2v) is 7.37. The van der Waals surface area contributed by atoms with E-state index in [0.29, 0.717) is 6.42 Å². The molecule has 1 aliphatic heterocycles. The Labute approximate surface area is 144 Å². The van der Waals surface area contributed by atoms with E-state index in [2.05, 4.69) is 4.90 Å². The molecule has 120 valence electrons. The number of carbonyl (C=O) groups is 1. The minimum atomic E-state index is 0.201.